The average molecular weight is 323 g/mol. The highest BCUT2D eigenvalue weighted by Gasteiger charge is 2.19. The molecule has 0 aliphatic heterocycles. The molecule has 1 amide bonds. The first kappa shape index (κ1) is 17.5. The molecule has 2 rings (SSSR count). The highest BCUT2D eigenvalue weighted by molar-refractivity contribution is 5.94. The van der Waals surface area contributed by atoms with Gasteiger partial charge in [-0.15, -0.1) is 0 Å². The molecule has 5 heteroatoms. The van der Waals surface area contributed by atoms with Crippen LogP contribution < -0.4 is 10.1 Å². The van der Waals surface area contributed by atoms with Crippen molar-refractivity contribution in [1.82, 2.24) is 4.90 Å². The van der Waals surface area contributed by atoms with Crippen LogP contribution >= 0.6 is 0 Å². The van der Waals surface area contributed by atoms with E-state index in [1.165, 1.54) is 0 Å². The second-order valence-corrected chi connectivity index (χ2v) is 5.58. The Bertz CT molecular complexity index is 752. The summed E-state index contributed by atoms with van der Waals surface area (Å²) in [7, 11) is 3.53. The molecule has 0 aliphatic rings. The molecule has 5 nitrogen and oxygen atoms in total. The Kier molecular flexibility index (Phi) is 5.94. The number of carbonyl (C=O) groups excluding carboxylic acids is 1. The van der Waals surface area contributed by atoms with Gasteiger partial charge in [-0.25, -0.2) is 0 Å². The van der Waals surface area contributed by atoms with Crippen LogP contribution in [-0.4, -0.2) is 31.0 Å². The molecule has 1 atom stereocenters. The summed E-state index contributed by atoms with van der Waals surface area (Å²) in [4.78, 5) is 14.4. The van der Waals surface area contributed by atoms with Gasteiger partial charge in [0, 0.05) is 17.8 Å². The number of methoxy groups -OCH3 is 1. The maximum Gasteiger partial charge on any atom is 0.241 e. The lowest BCUT2D eigenvalue weighted by atomic mass is 10.1. The topological polar surface area (TPSA) is 65.4 Å². The molecule has 0 unspecified atom stereocenters. The summed E-state index contributed by atoms with van der Waals surface area (Å²) in [5.41, 5.74) is 2.16. The number of para-hydroxylation sites is 1. The first-order valence-electron chi connectivity index (χ1n) is 7.68. The van der Waals surface area contributed by atoms with Crippen LogP contribution in [0.5, 0.6) is 5.75 Å². The van der Waals surface area contributed by atoms with Gasteiger partial charge in [0.1, 0.15) is 5.75 Å². The van der Waals surface area contributed by atoms with E-state index in [4.69, 9.17) is 10.00 Å². The molecule has 0 spiro atoms. The molecule has 0 aliphatic carbocycles. The van der Waals surface area contributed by atoms with E-state index in [2.05, 4.69) is 11.4 Å². The summed E-state index contributed by atoms with van der Waals surface area (Å²) >= 11 is 0. The van der Waals surface area contributed by atoms with Gasteiger partial charge in [0.15, 0.2) is 0 Å². The molecular formula is C19H21N3O2. The molecule has 0 bridgehead atoms. The third-order valence-electron chi connectivity index (χ3n) is 3.91. The van der Waals surface area contributed by atoms with Crippen LogP contribution in [0.1, 0.15) is 18.1 Å². The highest BCUT2D eigenvalue weighted by Crippen LogP contribution is 2.20. The van der Waals surface area contributed by atoms with Crippen molar-refractivity contribution < 1.29 is 9.53 Å². The molecule has 2 aromatic carbocycles. The summed E-state index contributed by atoms with van der Waals surface area (Å²) in [5.74, 6) is 0.682. The third kappa shape index (κ3) is 4.34. The average Bonchev–Trinajstić information content (AvgIpc) is 2.61. The van der Waals surface area contributed by atoms with E-state index in [-0.39, 0.29) is 11.9 Å². The van der Waals surface area contributed by atoms with Crippen molar-refractivity contribution in [3.05, 3.63) is 59.7 Å². The van der Waals surface area contributed by atoms with E-state index < -0.39 is 0 Å². The monoisotopic (exact) mass is 323 g/mol. The van der Waals surface area contributed by atoms with Crippen LogP contribution in [0.25, 0.3) is 0 Å². The van der Waals surface area contributed by atoms with Gasteiger partial charge in [-0.1, -0.05) is 24.3 Å². The Labute approximate surface area is 142 Å². The minimum atomic E-state index is -0.333. The Balaban J connectivity index is 2.03. The number of anilines is 1. The maximum atomic E-state index is 12.4. The van der Waals surface area contributed by atoms with Crippen molar-refractivity contribution in [2.45, 2.75) is 19.5 Å². The van der Waals surface area contributed by atoms with E-state index in [0.29, 0.717) is 17.8 Å². The Morgan fingerprint density at radius 1 is 1.29 bits per heavy atom. The number of amides is 1. The number of ether oxygens (including phenoxy) is 1. The van der Waals surface area contributed by atoms with Crippen molar-refractivity contribution in [1.29, 1.82) is 5.26 Å². The van der Waals surface area contributed by atoms with E-state index >= 15 is 0 Å². The van der Waals surface area contributed by atoms with Gasteiger partial charge in [-0.3, -0.25) is 9.69 Å². The summed E-state index contributed by atoms with van der Waals surface area (Å²) in [5, 5.41) is 11.8. The lowest BCUT2D eigenvalue weighted by molar-refractivity contribution is -0.120. The van der Waals surface area contributed by atoms with E-state index in [1.807, 2.05) is 43.1 Å². The zero-order valence-corrected chi connectivity index (χ0v) is 14.1. The van der Waals surface area contributed by atoms with Gasteiger partial charge < -0.3 is 10.1 Å². The fourth-order valence-electron chi connectivity index (χ4n) is 2.35. The predicted molar refractivity (Wildman–Crippen MR) is 93.7 cm³/mol. The summed E-state index contributed by atoms with van der Waals surface area (Å²) in [6.45, 7) is 2.44. The number of rotatable bonds is 6. The smallest absolute Gasteiger partial charge is 0.241 e. The number of carbonyl (C=O) groups is 1. The molecule has 0 saturated heterocycles. The van der Waals surface area contributed by atoms with Gasteiger partial charge in [0.05, 0.1) is 24.8 Å². The molecule has 2 aromatic rings. The van der Waals surface area contributed by atoms with Gasteiger partial charge >= 0.3 is 0 Å². The SMILES string of the molecule is COc1ccccc1CN(C)[C@H](C)C(=O)Nc1cccc(C#N)c1. The fourth-order valence-corrected chi connectivity index (χ4v) is 2.35. The van der Waals surface area contributed by atoms with Gasteiger partial charge in [-0.05, 0) is 38.2 Å². The number of nitrogens with zero attached hydrogens (tertiary/aromatic N) is 2. The number of hydrogen-bond acceptors (Lipinski definition) is 4. The predicted octanol–water partition coefficient (Wildman–Crippen LogP) is 3.03. The van der Waals surface area contributed by atoms with E-state index in [1.54, 1.807) is 31.4 Å². The van der Waals surface area contributed by atoms with Crippen molar-refractivity contribution in [3.63, 3.8) is 0 Å². The first-order valence-corrected chi connectivity index (χ1v) is 7.68. The summed E-state index contributed by atoms with van der Waals surface area (Å²) in [6.07, 6.45) is 0. The standard InChI is InChI=1S/C19H21N3O2/c1-14(19(23)21-17-9-6-7-15(11-17)12-20)22(2)13-16-8-4-5-10-18(16)24-3/h4-11,14H,13H2,1-3H3,(H,21,23)/t14-/m1/s1. The number of nitrogens with one attached hydrogen (secondary N) is 1. The van der Waals surface area contributed by atoms with Crippen LogP contribution in [0.2, 0.25) is 0 Å². The number of hydrogen-bond donors (Lipinski definition) is 1. The molecule has 0 radical (unpaired) electrons. The van der Waals surface area contributed by atoms with Crippen LogP contribution in [0.15, 0.2) is 48.5 Å². The van der Waals surface area contributed by atoms with E-state index in [9.17, 15) is 4.79 Å². The van der Waals surface area contributed by atoms with Crippen molar-refractivity contribution in [2.75, 3.05) is 19.5 Å². The highest BCUT2D eigenvalue weighted by atomic mass is 16.5. The summed E-state index contributed by atoms with van der Waals surface area (Å²) < 4.78 is 5.35. The number of likely N-dealkylation sites (N-methyl/N-ethyl adjacent to an activating group) is 1. The van der Waals surface area contributed by atoms with Crippen molar-refractivity contribution in [2.24, 2.45) is 0 Å². The molecule has 0 fully saturated rings. The normalized spacial score (nSPS) is 11.6. The van der Waals surface area contributed by atoms with Gasteiger partial charge in [0.2, 0.25) is 5.91 Å². The van der Waals surface area contributed by atoms with Crippen LogP contribution in [0, 0.1) is 11.3 Å². The first-order chi connectivity index (χ1) is 11.5. The molecule has 0 saturated carbocycles. The Morgan fingerprint density at radius 3 is 2.75 bits per heavy atom. The third-order valence-corrected chi connectivity index (χ3v) is 3.91. The lowest BCUT2D eigenvalue weighted by Crippen LogP contribution is -2.39. The second kappa shape index (κ2) is 8.14. The minimum Gasteiger partial charge on any atom is -0.496 e. The second-order valence-electron chi connectivity index (χ2n) is 5.58. The minimum absolute atomic E-state index is 0.123. The van der Waals surface area contributed by atoms with Crippen molar-refractivity contribution in [3.8, 4) is 11.8 Å². The van der Waals surface area contributed by atoms with Crippen LogP contribution in [0.4, 0.5) is 5.69 Å². The van der Waals surface area contributed by atoms with Crippen LogP contribution in [0.3, 0.4) is 0 Å². The molecule has 124 valence electrons. The number of benzene rings is 2. The van der Waals surface area contributed by atoms with Gasteiger partial charge in [0.25, 0.3) is 0 Å². The molecule has 0 aromatic heterocycles. The molecular weight excluding hydrogens is 302 g/mol. The van der Waals surface area contributed by atoms with Crippen molar-refractivity contribution >= 4 is 11.6 Å². The van der Waals surface area contributed by atoms with E-state index in [0.717, 1.165) is 11.3 Å². The molecule has 0 heterocycles. The zero-order valence-electron chi connectivity index (χ0n) is 14.1. The zero-order chi connectivity index (χ0) is 17.5. The van der Waals surface area contributed by atoms with Crippen LogP contribution in [-0.2, 0) is 11.3 Å². The number of nitriles is 1. The molecule has 24 heavy (non-hydrogen) atoms. The van der Waals surface area contributed by atoms with Gasteiger partial charge in [-0.2, -0.15) is 5.26 Å². The Hall–Kier alpha value is -2.84. The molecule has 1 N–H and O–H groups in total. The Morgan fingerprint density at radius 2 is 2.04 bits per heavy atom. The lowest BCUT2D eigenvalue weighted by Gasteiger charge is -2.24. The largest absolute Gasteiger partial charge is 0.496 e. The summed E-state index contributed by atoms with van der Waals surface area (Å²) in [6, 6.07) is 16.4. The fraction of sp³-hybridized carbons (Fsp3) is 0.263. The quantitative estimate of drug-likeness (QED) is 0.887. The maximum absolute atomic E-state index is 12.4.